The molecule has 2 aromatic rings. The number of hydrogen-bond donors (Lipinski definition) is 0. The summed E-state index contributed by atoms with van der Waals surface area (Å²) in [5.41, 5.74) is 0. The van der Waals surface area contributed by atoms with Crippen LogP contribution in [0.4, 0.5) is 0 Å². The highest BCUT2D eigenvalue weighted by Gasteiger charge is 2.29. The van der Waals surface area contributed by atoms with E-state index < -0.39 is 6.04 Å². The van der Waals surface area contributed by atoms with Crippen LogP contribution in [0.15, 0.2) is 60.4 Å². The van der Waals surface area contributed by atoms with Gasteiger partial charge in [-0.25, -0.2) is 0 Å². The van der Waals surface area contributed by atoms with Crippen molar-refractivity contribution < 1.29 is 9.36 Å². The van der Waals surface area contributed by atoms with Crippen LogP contribution in [-0.4, -0.2) is 17.4 Å². The second kappa shape index (κ2) is 7.45. The summed E-state index contributed by atoms with van der Waals surface area (Å²) in [6, 6.07) is 8.34. The molecule has 0 spiro atoms. The number of ketones is 1. The van der Waals surface area contributed by atoms with Crippen LogP contribution in [-0.2, 0) is 12.6 Å². The van der Waals surface area contributed by atoms with Crippen LogP contribution in [0.5, 0.6) is 0 Å². The van der Waals surface area contributed by atoms with Crippen LogP contribution >= 0.6 is 22.9 Å². The zero-order valence-corrected chi connectivity index (χ0v) is 13.5. The molecule has 0 radical (unpaired) electrons. The number of carbonyl (C=O) groups is 1. The van der Waals surface area contributed by atoms with E-state index in [0.29, 0.717) is 20.8 Å². The van der Waals surface area contributed by atoms with Gasteiger partial charge in [-0.2, -0.15) is 4.57 Å². The summed E-state index contributed by atoms with van der Waals surface area (Å²) in [7, 11) is 0. The third kappa shape index (κ3) is 3.97. The van der Waals surface area contributed by atoms with Gasteiger partial charge in [-0.15, -0.1) is 17.9 Å². The molecule has 3 nitrogen and oxygen atoms in total. The predicted molar refractivity (Wildman–Crippen MR) is 89.2 cm³/mol. The molecule has 0 saturated carbocycles. The number of thiophene rings is 1. The first-order valence-electron chi connectivity index (χ1n) is 6.21. The van der Waals surface area contributed by atoms with E-state index in [2.05, 4.69) is 11.6 Å². The minimum absolute atomic E-state index is 0.110. The maximum atomic E-state index is 12.7. The van der Waals surface area contributed by atoms with Gasteiger partial charge in [-0.1, -0.05) is 23.7 Å². The molecular weight excluding hydrogens is 324 g/mol. The van der Waals surface area contributed by atoms with Crippen LogP contribution < -0.4 is 4.57 Å². The Morgan fingerprint density at radius 3 is 2.71 bits per heavy atom. The summed E-state index contributed by atoms with van der Waals surface area (Å²) in [4.78, 5) is 17.5. The topological polar surface area (TPSA) is 33.3 Å². The van der Waals surface area contributed by atoms with Gasteiger partial charge >= 0.3 is 0 Å². The van der Waals surface area contributed by atoms with Gasteiger partial charge in [-0.3, -0.25) is 4.79 Å². The number of nitrogens with zero attached hydrogens (tertiary/aromatic N) is 2. The Morgan fingerprint density at radius 2 is 2.14 bits per heavy atom. The molecule has 0 amide bonds. The minimum Gasteiger partial charge on any atom is -0.758 e. The number of rotatable bonds is 6. The van der Waals surface area contributed by atoms with Gasteiger partial charge in [0.25, 0.3) is 0 Å². The van der Waals surface area contributed by atoms with Crippen LogP contribution in [0.2, 0.25) is 4.34 Å². The third-order valence-electron chi connectivity index (χ3n) is 2.71. The monoisotopic (exact) mass is 336 g/mol. The van der Waals surface area contributed by atoms with Crippen molar-refractivity contribution in [1.82, 2.24) is 0 Å². The Labute approximate surface area is 138 Å². The van der Waals surface area contributed by atoms with Crippen LogP contribution in [0, 0.1) is 0 Å². The number of halogens is 1. The molecule has 0 bridgehead atoms. The van der Waals surface area contributed by atoms with E-state index in [4.69, 9.17) is 24.2 Å². The van der Waals surface area contributed by atoms with Crippen molar-refractivity contribution in [1.29, 1.82) is 0 Å². The standard InChI is InChI=1S/C15H13ClN2OS2/c1-2-8-17-15(20)13(18-9-4-3-5-10-18)14(19)11-6-7-12(16)21-11/h2-7,9-10,13H,1,8H2. The van der Waals surface area contributed by atoms with Crippen molar-refractivity contribution in [3.05, 3.63) is 64.6 Å². The molecule has 1 atom stereocenters. The molecule has 0 aromatic carbocycles. The number of aliphatic imine (C=N–C) groups is 1. The van der Waals surface area contributed by atoms with Gasteiger partial charge in [0, 0.05) is 12.1 Å². The van der Waals surface area contributed by atoms with E-state index in [9.17, 15) is 4.79 Å². The van der Waals surface area contributed by atoms with Crippen LogP contribution in [0.3, 0.4) is 0 Å². The molecule has 0 aliphatic heterocycles. The van der Waals surface area contributed by atoms with E-state index in [0.717, 1.165) is 0 Å². The first-order chi connectivity index (χ1) is 10.1. The van der Waals surface area contributed by atoms with Crippen molar-refractivity contribution in [3.8, 4) is 0 Å². The van der Waals surface area contributed by atoms with Gasteiger partial charge in [0.2, 0.25) is 11.8 Å². The normalized spacial score (nSPS) is 12.9. The molecule has 0 N–H and O–H groups in total. The van der Waals surface area contributed by atoms with E-state index in [1.165, 1.54) is 11.3 Å². The summed E-state index contributed by atoms with van der Waals surface area (Å²) in [6.07, 6.45) is 5.24. The Balaban J connectivity index is 2.41. The molecule has 108 valence electrons. The molecule has 2 aromatic heterocycles. The number of aromatic nitrogens is 1. The van der Waals surface area contributed by atoms with Crippen molar-refractivity contribution in [2.75, 3.05) is 6.54 Å². The predicted octanol–water partition coefficient (Wildman–Crippen LogP) is 3.24. The van der Waals surface area contributed by atoms with E-state index in [1.54, 1.807) is 35.2 Å². The van der Waals surface area contributed by atoms with Gasteiger partial charge in [0.05, 0.1) is 15.8 Å². The van der Waals surface area contributed by atoms with Gasteiger partial charge in [0.15, 0.2) is 12.4 Å². The fourth-order valence-electron chi connectivity index (χ4n) is 1.78. The highest BCUT2D eigenvalue weighted by Crippen LogP contribution is 2.24. The Morgan fingerprint density at radius 1 is 1.43 bits per heavy atom. The molecule has 0 aliphatic rings. The second-order valence-electron chi connectivity index (χ2n) is 4.16. The quantitative estimate of drug-likeness (QED) is 0.203. The summed E-state index contributed by atoms with van der Waals surface area (Å²) in [6.45, 7) is 4.00. The Hall–Kier alpha value is -1.56. The minimum atomic E-state index is -0.643. The first kappa shape index (κ1) is 15.8. The lowest BCUT2D eigenvalue weighted by molar-refractivity contribution is -0.691. The Bertz CT molecular complexity index is 667. The first-order valence-corrected chi connectivity index (χ1v) is 7.81. The molecule has 2 heterocycles. The van der Waals surface area contributed by atoms with E-state index in [1.807, 2.05) is 18.2 Å². The van der Waals surface area contributed by atoms with Crippen molar-refractivity contribution in [3.63, 3.8) is 0 Å². The van der Waals surface area contributed by atoms with Gasteiger partial charge < -0.3 is 17.6 Å². The maximum Gasteiger partial charge on any atom is 0.244 e. The van der Waals surface area contributed by atoms with Crippen LogP contribution in [0.25, 0.3) is 0 Å². The zero-order chi connectivity index (χ0) is 15.2. The maximum absolute atomic E-state index is 12.7. The lowest BCUT2D eigenvalue weighted by Gasteiger charge is -2.17. The molecule has 21 heavy (non-hydrogen) atoms. The largest absolute Gasteiger partial charge is 0.758 e. The Kier molecular flexibility index (Phi) is 5.61. The summed E-state index contributed by atoms with van der Waals surface area (Å²) in [5, 5.41) is 0.334. The molecule has 2 rings (SSSR count). The molecule has 6 heteroatoms. The SMILES string of the molecule is C=CCN=C([S-])C(C(=O)c1ccc(Cl)s1)[n+]1ccccc1. The second-order valence-corrected chi connectivity index (χ2v) is 6.29. The average Bonchev–Trinajstić information content (AvgIpc) is 2.93. The summed E-state index contributed by atoms with van der Waals surface area (Å²) >= 11 is 12.5. The van der Waals surface area contributed by atoms with Gasteiger partial charge in [-0.05, 0) is 17.2 Å². The highest BCUT2D eigenvalue weighted by atomic mass is 35.5. The lowest BCUT2D eigenvalue weighted by atomic mass is 10.1. The van der Waals surface area contributed by atoms with Crippen molar-refractivity contribution in [2.24, 2.45) is 4.99 Å². The number of hydrogen-bond acceptors (Lipinski definition) is 4. The van der Waals surface area contributed by atoms with Gasteiger partial charge in [0.1, 0.15) is 0 Å². The number of carbonyl (C=O) groups excluding carboxylic acids is 1. The molecule has 0 saturated heterocycles. The summed E-state index contributed by atoms with van der Waals surface area (Å²) < 4.78 is 2.33. The van der Waals surface area contributed by atoms with E-state index >= 15 is 0 Å². The molecule has 0 fully saturated rings. The average molecular weight is 337 g/mol. The summed E-state index contributed by atoms with van der Waals surface area (Å²) in [5.74, 6) is -0.110. The van der Waals surface area contributed by atoms with Crippen molar-refractivity contribution in [2.45, 2.75) is 6.04 Å². The molecular formula is C15H13ClN2OS2. The van der Waals surface area contributed by atoms with E-state index in [-0.39, 0.29) is 5.78 Å². The third-order valence-corrected chi connectivity index (χ3v) is 4.31. The highest BCUT2D eigenvalue weighted by molar-refractivity contribution is 7.77. The number of Topliss-reactive ketones (excluding diaryl/α,β-unsaturated/α-hetero) is 1. The molecule has 1 unspecified atom stereocenters. The smallest absolute Gasteiger partial charge is 0.244 e. The molecule has 0 aliphatic carbocycles. The number of pyridine rings is 1. The fourth-order valence-corrected chi connectivity index (χ4v) is 3.09. The van der Waals surface area contributed by atoms with Crippen LogP contribution in [0.1, 0.15) is 15.7 Å². The lowest BCUT2D eigenvalue weighted by Crippen LogP contribution is -2.47. The van der Waals surface area contributed by atoms with Crippen molar-refractivity contribution >= 4 is 46.4 Å². The zero-order valence-electron chi connectivity index (χ0n) is 11.1. The fraction of sp³-hybridized carbons (Fsp3) is 0.133.